The number of anilines is 1. The molecule has 4 N–H and O–H groups in total. The zero-order valence-corrected chi connectivity index (χ0v) is 15.3. The number of nitrogens with one attached hydrogen (secondary N) is 2. The van der Waals surface area contributed by atoms with Gasteiger partial charge in [-0.05, 0) is 56.2 Å². The van der Waals surface area contributed by atoms with Crippen molar-refractivity contribution in [2.45, 2.75) is 39.0 Å². The number of methoxy groups -OCH3 is 1. The third kappa shape index (κ3) is 5.96. The molecular weight excluding hydrogens is 316 g/mol. The van der Waals surface area contributed by atoms with Crippen molar-refractivity contribution in [3.63, 3.8) is 0 Å². The van der Waals surface area contributed by atoms with Gasteiger partial charge in [-0.3, -0.25) is 0 Å². The van der Waals surface area contributed by atoms with Gasteiger partial charge < -0.3 is 25.6 Å². The number of phenolic OH excluding ortho intramolecular Hbond substituents is 1. The smallest absolute Gasteiger partial charge is 0.138 e. The van der Waals surface area contributed by atoms with Gasteiger partial charge in [0.05, 0.1) is 18.9 Å². The number of hydrogen-bond donors (Lipinski definition) is 4. The van der Waals surface area contributed by atoms with Crippen LogP contribution in [0.15, 0.2) is 42.5 Å². The van der Waals surface area contributed by atoms with Crippen LogP contribution in [0.5, 0.6) is 11.5 Å². The SMILES string of the molecule is COc1ccc(CNc2cc([C@@H](O)CNC(C)(C)C)ccc2O)cc1. The molecule has 5 nitrogen and oxygen atoms in total. The standard InChI is InChI=1S/C20H28N2O3/c1-20(2,3)22-13-19(24)15-7-10-18(23)17(11-15)21-12-14-5-8-16(25-4)9-6-14/h5-11,19,21-24H,12-13H2,1-4H3/t19-/m0/s1. The number of ether oxygens (including phenoxy) is 1. The van der Waals surface area contributed by atoms with Crippen LogP contribution in [-0.4, -0.2) is 29.4 Å². The Balaban J connectivity index is 2.02. The number of aliphatic hydroxyl groups is 1. The van der Waals surface area contributed by atoms with Crippen molar-refractivity contribution in [2.24, 2.45) is 0 Å². The minimum absolute atomic E-state index is 0.0622. The average molecular weight is 344 g/mol. The molecule has 2 rings (SSSR count). The van der Waals surface area contributed by atoms with E-state index in [0.29, 0.717) is 18.8 Å². The molecule has 0 heterocycles. The summed E-state index contributed by atoms with van der Waals surface area (Å²) in [6.07, 6.45) is -0.638. The first kappa shape index (κ1) is 19.1. The van der Waals surface area contributed by atoms with Gasteiger partial charge in [0, 0.05) is 18.6 Å². The lowest BCUT2D eigenvalue weighted by Gasteiger charge is -2.23. The van der Waals surface area contributed by atoms with Gasteiger partial charge in [-0.15, -0.1) is 0 Å². The highest BCUT2D eigenvalue weighted by Crippen LogP contribution is 2.28. The fourth-order valence-electron chi connectivity index (χ4n) is 2.36. The van der Waals surface area contributed by atoms with Crippen molar-refractivity contribution in [3.05, 3.63) is 53.6 Å². The quantitative estimate of drug-likeness (QED) is 0.579. The van der Waals surface area contributed by atoms with Crippen molar-refractivity contribution < 1.29 is 14.9 Å². The second kappa shape index (κ2) is 8.23. The fraction of sp³-hybridized carbons (Fsp3) is 0.400. The van der Waals surface area contributed by atoms with Crippen molar-refractivity contribution in [1.82, 2.24) is 5.32 Å². The molecule has 0 unspecified atom stereocenters. The van der Waals surface area contributed by atoms with Crippen molar-refractivity contribution in [2.75, 3.05) is 19.0 Å². The summed E-state index contributed by atoms with van der Waals surface area (Å²) in [5, 5.41) is 26.9. The maximum absolute atomic E-state index is 10.4. The average Bonchev–Trinajstić information content (AvgIpc) is 2.58. The molecule has 0 aliphatic heterocycles. The largest absolute Gasteiger partial charge is 0.506 e. The highest BCUT2D eigenvalue weighted by Gasteiger charge is 2.15. The van der Waals surface area contributed by atoms with E-state index in [1.807, 2.05) is 24.3 Å². The molecule has 0 radical (unpaired) electrons. The molecule has 0 saturated carbocycles. The van der Waals surface area contributed by atoms with E-state index in [4.69, 9.17) is 4.74 Å². The summed E-state index contributed by atoms with van der Waals surface area (Å²) in [4.78, 5) is 0. The monoisotopic (exact) mass is 344 g/mol. The number of phenols is 1. The molecule has 0 bridgehead atoms. The van der Waals surface area contributed by atoms with Crippen molar-refractivity contribution >= 4 is 5.69 Å². The molecule has 0 aliphatic carbocycles. The van der Waals surface area contributed by atoms with Crippen LogP contribution in [0.1, 0.15) is 38.0 Å². The van der Waals surface area contributed by atoms with Crippen LogP contribution in [0.2, 0.25) is 0 Å². The highest BCUT2D eigenvalue weighted by atomic mass is 16.5. The van der Waals surface area contributed by atoms with Gasteiger partial charge in [0.1, 0.15) is 11.5 Å². The topological polar surface area (TPSA) is 73.8 Å². The molecule has 136 valence electrons. The Morgan fingerprint density at radius 3 is 2.36 bits per heavy atom. The minimum atomic E-state index is -0.638. The second-order valence-electron chi connectivity index (χ2n) is 7.12. The van der Waals surface area contributed by atoms with Gasteiger partial charge in [-0.2, -0.15) is 0 Å². The van der Waals surface area contributed by atoms with E-state index in [0.717, 1.165) is 16.9 Å². The summed E-state index contributed by atoms with van der Waals surface area (Å²) >= 11 is 0. The lowest BCUT2D eigenvalue weighted by atomic mass is 10.1. The van der Waals surface area contributed by atoms with Crippen LogP contribution in [-0.2, 0) is 6.54 Å². The normalized spacial score (nSPS) is 12.7. The predicted molar refractivity (Wildman–Crippen MR) is 101 cm³/mol. The first-order valence-electron chi connectivity index (χ1n) is 8.41. The Bertz CT molecular complexity index is 678. The van der Waals surface area contributed by atoms with Crippen LogP contribution in [0.3, 0.4) is 0 Å². The molecule has 2 aromatic carbocycles. The van der Waals surface area contributed by atoms with Gasteiger partial charge in [0.15, 0.2) is 0 Å². The number of hydrogen-bond acceptors (Lipinski definition) is 5. The first-order chi connectivity index (χ1) is 11.8. The maximum atomic E-state index is 10.4. The molecule has 1 atom stereocenters. The minimum Gasteiger partial charge on any atom is -0.506 e. The Morgan fingerprint density at radius 1 is 1.08 bits per heavy atom. The Hall–Kier alpha value is -2.24. The van der Waals surface area contributed by atoms with E-state index in [-0.39, 0.29) is 11.3 Å². The molecule has 0 saturated heterocycles. The number of rotatable bonds is 7. The molecule has 2 aromatic rings. The zero-order valence-electron chi connectivity index (χ0n) is 15.3. The predicted octanol–water partition coefficient (Wildman–Crippen LogP) is 3.43. The molecule has 0 aromatic heterocycles. The highest BCUT2D eigenvalue weighted by molar-refractivity contribution is 5.58. The van der Waals surface area contributed by atoms with Crippen LogP contribution in [0.25, 0.3) is 0 Å². The van der Waals surface area contributed by atoms with Crippen LogP contribution >= 0.6 is 0 Å². The van der Waals surface area contributed by atoms with Gasteiger partial charge in [-0.1, -0.05) is 18.2 Å². The molecule has 0 amide bonds. The van der Waals surface area contributed by atoms with E-state index in [1.54, 1.807) is 25.3 Å². The lowest BCUT2D eigenvalue weighted by molar-refractivity contribution is 0.163. The van der Waals surface area contributed by atoms with Crippen molar-refractivity contribution in [3.8, 4) is 11.5 Å². The first-order valence-corrected chi connectivity index (χ1v) is 8.41. The van der Waals surface area contributed by atoms with Gasteiger partial charge in [0.2, 0.25) is 0 Å². The number of β-amino-alcohol motifs (C(OH)–C–C–N with tert-alkyl or cyclic N) is 1. The molecule has 25 heavy (non-hydrogen) atoms. The summed E-state index contributed by atoms with van der Waals surface area (Å²) in [7, 11) is 1.64. The summed E-state index contributed by atoms with van der Waals surface area (Å²) in [6.45, 7) is 7.18. The van der Waals surface area contributed by atoms with E-state index >= 15 is 0 Å². The lowest BCUT2D eigenvalue weighted by Crippen LogP contribution is -2.38. The molecule has 0 spiro atoms. The second-order valence-corrected chi connectivity index (χ2v) is 7.12. The van der Waals surface area contributed by atoms with Gasteiger partial charge in [0.25, 0.3) is 0 Å². The van der Waals surface area contributed by atoms with Crippen LogP contribution in [0.4, 0.5) is 5.69 Å². The summed E-state index contributed by atoms with van der Waals surface area (Å²) in [5.41, 5.74) is 2.36. The van der Waals surface area contributed by atoms with Crippen LogP contribution < -0.4 is 15.4 Å². The number of benzene rings is 2. The molecule has 5 heteroatoms. The third-order valence-electron chi connectivity index (χ3n) is 3.87. The van der Waals surface area contributed by atoms with Crippen molar-refractivity contribution in [1.29, 1.82) is 0 Å². The third-order valence-corrected chi connectivity index (χ3v) is 3.87. The summed E-state index contributed by atoms with van der Waals surface area (Å²) in [6, 6.07) is 12.9. The summed E-state index contributed by atoms with van der Waals surface area (Å²) in [5.74, 6) is 0.969. The fourth-order valence-corrected chi connectivity index (χ4v) is 2.36. The Morgan fingerprint density at radius 2 is 1.76 bits per heavy atom. The molecular formula is C20H28N2O3. The number of aliphatic hydroxyl groups excluding tert-OH is 1. The Kier molecular flexibility index (Phi) is 6.28. The van der Waals surface area contributed by atoms with Crippen LogP contribution in [0, 0.1) is 0 Å². The van der Waals surface area contributed by atoms with Gasteiger partial charge >= 0.3 is 0 Å². The summed E-state index contributed by atoms with van der Waals surface area (Å²) < 4.78 is 5.15. The van der Waals surface area contributed by atoms with E-state index in [9.17, 15) is 10.2 Å². The Labute approximate surface area is 149 Å². The van der Waals surface area contributed by atoms with Gasteiger partial charge in [-0.25, -0.2) is 0 Å². The van der Waals surface area contributed by atoms with E-state index in [2.05, 4.69) is 31.4 Å². The number of aromatic hydroxyl groups is 1. The maximum Gasteiger partial charge on any atom is 0.138 e. The molecule has 0 aliphatic rings. The van der Waals surface area contributed by atoms with E-state index in [1.165, 1.54) is 0 Å². The molecule has 0 fully saturated rings. The van der Waals surface area contributed by atoms with E-state index < -0.39 is 6.10 Å². The zero-order chi connectivity index (χ0) is 18.4.